The molecule has 294 valence electrons. The van der Waals surface area contributed by atoms with Gasteiger partial charge in [0.1, 0.15) is 0 Å². The lowest BCUT2D eigenvalue weighted by atomic mass is 10.0. The topological polar surface area (TPSA) is 63.8 Å². The van der Waals surface area contributed by atoms with Gasteiger partial charge in [-0.15, -0.1) is 0 Å². The Hall–Kier alpha value is -8.48. The maximum absolute atomic E-state index is 5.56. The molecule has 0 aliphatic carbocycles. The zero-order valence-corrected chi connectivity index (χ0v) is 33.7. The fourth-order valence-electron chi connectivity index (χ4n) is 8.59. The molecule has 2 N–H and O–H groups in total. The molecule has 3 aromatic heterocycles. The lowest BCUT2D eigenvalue weighted by molar-refractivity contribution is 1.23. The van der Waals surface area contributed by atoms with E-state index in [0.717, 1.165) is 101 Å². The summed E-state index contributed by atoms with van der Waals surface area (Å²) < 4.78 is 0. The van der Waals surface area contributed by atoms with Crippen LogP contribution in [0.5, 0.6) is 0 Å². The number of H-pyrrole nitrogens is 2. The second-order valence-electron chi connectivity index (χ2n) is 15.2. The van der Waals surface area contributed by atoms with Crippen molar-refractivity contribution in [1.29, 1.82) is 0 Å². The molecule has 2 aliphatic rings. The first-order valence-electron chi connectivity index (χ1n) is 20.8. The number of benzene rings is 6. The highest BCUT2D eigenvalue weighted by atomic mass is 15.2. The van der Waals surface area contributed by atoms with E-state index in [1.165, 1.54) is 0 Å². The minimum absolute atomic E-state index is 0.829. The Bertz CT molecular complexity index is 2960. The minimum atomic E-state index is 0.829. The Labute approximate surface area is 360 Å². The summed E-state index contributed by atoms with van der Waals surface area (Å²) in [5.74, 6) is 0. The summed E-state index contributed by atoms with van der Waals surface area (Å²) in [6.07, 6.45) is 8.58. The largest absolute Gasteiger partial charge is 0.353 e. The molecule has 5 heterocycles. The van der Waals surface area contributed by atoms with Crippen LogP contribution in [0.25, 0.3) is 68.6 Å². The van der Waals surface area contributed by atoms with Gasteiger partial charge in [0.15, 0.2) is 0 Å². The van der Waals surface area contributed by atoms with E-state index in [1.807, 2.05) is 0 Å². The van der Waals surface area contributed by atoms with Gasteiger partial charge >= 0.3 is 0 Å². The summed E-state index contributed by atoms with van der Waals surface area (Å²) >= 11 is 0. The molecule has 11 rings (SSSR count). The predicted molar refractivity (Wildman–Crippen MR) is 259 cm³/mol. The number of nitrogens with one attached hydrogen (secondary N) is 2. The van der Waals surface area contributed by atoms with Gasteiger partial charge in [0.25, 0.3) is 0 Å². The number of nitrogens with zero attached hydrogens (tertiary/aromatic N) is 4. The van der Waals surface area contributed by atoms with Crippen LogP contribution in [-0.4, -0.2) is 19.9 Å². The molecule has 8 bridgehead atoms. The normalized spacial score (nSPS) is 11.7. The first-order chi connectivity index (χ1) is 30.8. The predicted octanol–water partition coefficient (Wildman–Crippen LogP) is 14.9. The minimum Gasteiger partial charge on any atom is -0.353 e. The van der Waals surface area contributed by atoms with Gasteiger partial charge in [0.05, 0.1) is 45.2 Å². The van der Waals surface area contributed by atoms with Crippen molar-refractivity contribution in [2.75, 3.05) is 9.80 Å². The summed E-state index contributed by atoms with van der Waals surface area (Å²) in [7, 11) is 0. The van der Waals surface area contributed by atoms with Crippen LogP contribution in [-0.2, 0) is 0 Å². The summed E-state index contributed by atoms with van der Waals surface area (Å²) in [6.45, 7) is 0. The molecule has 0 saturated heterocycles. The Morgan fingerprint density at radius 3 is 0.871 bits per heavy atom. The van der Waals surface area contributed by atoms with Gasteiger partial charge in [0.2, 0.25) is 0 Å². The van der Waals surface area contributed by atoms with Crippen molar-refractivity contribution in [3.63, 3.8) is 0 Å². The number of aromatic amines is 2. The molecular formula is C56H40N6. The molecule has 0 spiro atoms. The average Bonchev–Trinajstić information content (AvgIpc) is 4.19. The number of aromatic nitrogens is 4. The van der Waals surface area contributed by atoms with E-state index < -0.39 is 0 Å². The van der Waals surface area contributed by atoms with Crippen molar-refractivity contribution in [3.05, 3.63) is 229 Å². The molecule has 2 aliphatic heterocycles. The molecule has 0 atom stereocenters. The highest BCUT2D eigenvalue weighted by molar-refractivity contribution is 6.01. The van der Waals surface area contributed by atoms with Gasteiger partial charge in [-0.1, -0.05) is 133 Å². The number of fused-ring (bicyclic) bond motifs is 8. The third-order valence-electron chi connectivity index (χ3n) is 11.3. The standard InChI is InChI=1S/C56H40N6/c1-7-19-39(20-8-1)53-45-31-35-49(57-45)55(61(41-23-11-3-12-24-41)42-25-13-4-14-26-42)51-37-33-47(59-51)54(40-21-9-2-10-22-40)48-34-38-52(60-48)56(50-36-32-46(53)58-50)62(43-27-15-5-16-28-43)44-29-17-6-18-30-44/h1-38,57,60H. The Kier molecular flexibility index (Phi) is 9.41. The first kappa shape index (κ1) is 36.6. The van der Waals surface area contributed by atoms with Crippen LogP contribution in [0.3, 0.4) is 0 Å². The molecule has 0 unspecified atom stereocenters. The molecule has 9 aromatic rings. The fourth-order valence-corrected chi connectivity index (χ4v) is 8.59. The maximum Gasteiger partial charge on any atom is 0.0957 e. The number of rotatable bonds is 8. The van der Waals surface area contributed by atoms with Crippen molar-refractivity contribution in [2.24, 2.45) is 0 Å². The van der Waals surface area contributed by atoms with Crippen LogP contribution < -0.4 is 9.80 Å². The van der Waals surface area contributed by atoms with Crippen LogP contribution in [0.15, 0.2) is 206 Å². The molecule has 0 saturated carbocycles. The summed E-state index contributed by atoms with van der Waals surface area (Å²) in [5, 5.41) is 0. The monoisotopic (exact) mass is 796 g/mol. The maximum atomic E-state index is 5.56. The molecule has 0 amide bonds. The van der Waals surface area contributed by atoms with Gasteiger partial charge in [0, 0.05) is 44.9 Å². The lowest BCUT2D eigenvalue weighted by Crippen LogP contribution is -2.11. The van der Waals surface area contributed by atoms with Crippen LogP contribution in [0.2, 0.25) is 0 Å². The Morgan fingerprint density at radius 1 is 0.274 bits per heavy atom. The number of hydrogen-bond acceptors (Lipinski definition) is 4. The van der Waals surface area contributed by atoms with E-state index in [0.29, 0.717) is 0 Å². The molecule has 0 radical (unpaired) electrons. The van der Waals surface area contributed by atoms with Crippen LogP contribution in [0, 0.1) is 0 Å². The third kappa shape index (κ3) is 6.76. The molecular weight excluding hydrogens is 757 g/mol. The molecule has 62 heavy (non-hydrogen) atoms. The average molecular weight is 797 g/mol. The fraction of sp³-hybridized carbons (Fsp3) is 0. The molecule has 0 fully saturated rings. The second-order valence-corrected chi connectivity index (χ2v) is 15.2. The van der Waals surface area contributed by atoms with Gasteiger partial charge in [-0.25, -0.2) is 9.97 Å². The first-order valence-corrected chi connectivity index (χ1v) is 20.8. The van der Waals surface area contributed by atoms with Gasteiger partial charge < -0.3 is 19.8 Å². The highest BCUT2D eigenvalue weighted by Crippen LogP contribution is 2.44. The number of para-hydroxylation sites is 4. The summed E-state index contributed by atoms with van der Waals surface area (Å²) in [4.78, 5) is 23.5. The van der Waals surface area contributed by atoms with Crippen molar-refractivity contribution < 1.29 is 0 Å². The van der Waals surface area contributed by atoms with Crippen molar-refractivity contribution >= 4 is 80.5 Å². The van der Waals surface area contributed by atoms with Crippen LogP contribution in [0.4, 0.5) is 34.1 Å². The van der Waals surface area contributed by atoms with E-state index >= 15 is 0 Å². The quantitative estimate of drug-likeness (QED) is 0.161. The summed E-state index contributed by atoms with van der Waals surface area (Å²) in [5.41, 5.74) is 17.1. The SMILES string of the molecule is C1=Cc2nc1c(-c1ccccc1)c1ccc([nH]1)c(N(c1ccccc1)c1ccccc1)c1nc(c(-c3ccccc3)c3ccc([nH]3)c2N(c2ccccc2)c2ccccc2)C=C1. The molecule has 6 nitrogen and oxygen atoms in total. The summed E-state index contributed by atoms with van der Waals surface area (Å²) in [6, 6.07) is 71.8. The van der Waals surface area contributed by atoms with Crippen molar-refractivity contribution in [2.45, 2.75) is 0 Å². The van der Waals surface area contributed by atoms with Crippen molar-refractivity contribution in [1.82, 2.24) is 19.9 Å². The smallest absolute Gasteiger partial charge is 0.0957 e. The molecule has 6 aromatic carbocycles. The van der Waals surface area contributed by atoms with Crippen LogP contribution >= 0.6 is 0 Å². The lowest BCUT2D eigenvalue weighted by Gasteiger charge is -2.26. The second kappa shape index (κ2) is 15.9. The van der Waals surface area contributed by atoms with E-state index in [9.17, 15) is 0 Å². The number of anilines is 6. The van der Waals surface area contributed by atoms with E-state index in [4.69, 9.17) is 9.97 Å². The number of hydrogen-bond donors (Lipinski definition) is 2. The van der Waals surface area contributed by atoms with Crippen molar-refractivity contribution in [3.8, 4) is 22.3 Å². The van der Waals surface area contributed by atoms with E-state index in [-0.39, 0.29) is 0 Å². The highest BCUT2D eigenvalue weighted by Gasteiger charge is 2.24. The van der Waals surface area contributed by atoms with Gasteiger partial charge in [-0.2, -0.15) is 0 Å². The zero-order valence-electron chi connectivity index (χ0n) is 33.7. The zero-order chi connectivity index (χ0) is 41.2. The Morgan fingerprint density at radius 2 is 0.548 bits per heavy atom. The van der Waals surface area contributed by atoms with Crippen LogP contribution in [0.1, 0.15) is 22.8 Å². The Balaban J connectivity index is 1.32. The van der Waals surface area contributed by atoms with Gasteiger partial charge in [-0.3, -0.25) is 0 Å². The van der Waals surface area contributed by atoms with E-state index in [1.54, 1.807) is 0 Å². The molecule has 6 heteroatoms. The third-order valence-corrected chi connectivity index (χ3v) is 11.3. The van der Waals surface area contributed by atoms with E-state index in [2.05, 4.69) is 250 Å². The van der Waals surface area contributed by atoms with Gasteiger partial charge in [-0.05, 0) is 108 Å².